The van der Waals surface area contributed by atoms with Crippen LogP contribution in [0.15, 0.2) is 17.5 Å². The number of hydrogen-bond donors (Lipinski definition) is 2. The Hall–Kier alpha value is -1.82. The van der Waals surface area contributed by atoms with Crippen molar-refractivity contribution < 1.29 is 4.79 Å². The fourth-order valence-electron chi connectivity index (χ4n) is 2.14. The molecule has 6 heteroatoms. The summed E-state index contributed by atoms with van der Waals surface area (Å²) >= 11 is 1.70. The molecule has 0 radical (unpaired) electrons. The van der Waals surface area contributed by atoms with Crippen molar-refractivity contribution in [2.45, 2.75) is 39.8 Å². The van der Waals surface area contributed by atoms with E-state index >= 15 is 0 Å². The third-order valence-electron chi connectivity index (χ3n) is 3.15. The normalized spacial score (nSPS) is 12.3. The minimum absolute atomic E-state index is 0.0565. The number of nitrogens with zero attached hydrogens (tertiary/aromatic N) is 2. The number of aromatic nitrogens is 2. The highest BCUT2D eigenvalue weighted by Gasteiger charge is 2.20. The van der Waals surface area contributed by atoms with Gasteiger partial charge in [0.15, 0.2) is 0 Å². The Morgan fingerprint density at radius 1 is 1.60 bits per heavy atom. The predicted molar refractivity (Wildman–Crippen MR) is 82.0 cm³/mol. The van der Waals surface area contributed by atoms with E-state index < -0.39 is 0 Å². The summed E-state index contributed by atoms with van der Waals surface area (Å²) in [5.41, 5.74) is 7.57. The molecular formula is C14H20N4OS. The van der Waals surface area contributed by atoms with E-state index in [1.165, 1.54) is 4.88 Å². The van der Waals surface area contributed by atoms with E-state index in [2.05, 4.69) is 16.5 Å². The molecule has 0 fully saturated rings. The van der Waals surface area contributed by atoms with Gasteiger partial charge in [-0.05, 0) is 32.2 Å². The average Bonchev–Trinajstić information content (AvgIpc) is 2.98. The van der Waals surface area contributed by atoms with E-state index in [0.29, 0.717) is 23.6 Å². The number of nitrogen functional groups attached to an aromatic ring is 1. The Morgan fingerprint density at radius 3 is 2.95 bits per heavy atom. The molecule has 1 unspecified atom stereocenters. The van der Waals surface area contributed by atoms with Crippen molar-refractivity contribution in [3.05, 3.63) is 33.8 Å². The monoisotopic (exact) mass is 292 g/mol. The van der Waals surface area contributed by atoms with Gasteiger partial charge in [0.1, 0.15) is 5.69 Å². The second kappa shape index (κ2) is 6.09. The van der Waals surface area contributed by atoms with Crippen LogP contribution < -0.4 is 11.1 Å². The van der Waals surface area contributed by atoms with Crippen molar-refractivity contribution in [2.24, 2.45) is 0 Å². The SMILES string of the molecule is CCn1nc(C)c(N)c1C(=O)NC(C)Cc1cccs1. The molecule has 0 aliphatic carbocycles. The van der Waals surface area contributed by atoms with Crippen LogP contribution in [0.2, 0.25) is 0 Å². The molecule has 2 rings (SSSR count). The third kappa shape index (κ3) is 3.01. The highest BCUT2D eigenvalue weighted by molar-refractivity contribution is 7.09. The molecular weight excluding hydrogens is 272 g/mol. The Morgan fingerprint density at radius 2 is 2.35 bits per heavy atom. The first-order valence-corrected chi connectivity index (χ1v) is 7.57. The molecule has 1 atom stereocenters. The molecule has 3 N–H and O–H groups in total. The van der Waals surface area contributed by atoms with Gasteiger partial charge in [0.05, 0.1) is 11.4 Å². The van der Waals surface area contributed by atoms with Gasteiger partial charge < -0.3 is 11.1 Å². The second-order valence-corrected chi connectivity index (χ2v) is 5.85. The first-order valence-electron chi connectivity index (χ1n) is 6.69. The number of aryl methyl sites for hydroxylation is 2. The van der Waals surface area contributed by atoms with Crippen LogP contribution >= 0.6 is 11.3 Å². The van der Waals surface area contributed by atoms with Crippen molar-refractivity contribution in [3.8, 4) is 0 Å². The first kappa shape index (κ1) is 14.6. The van der Waals surface area contributed by atoms with Crippen molar-refractivity contribution >= 4 is 22.9 Å². The van der Waals surface area contributed by atoms with Crippen molar-refractivity contribution in [3.63, 3.8) is 0 Å². The maximum absolute atomic E-state index is 12.3. The molecule has 2 aromatic rings. The highest BCUT2D eigenvalue weighted by atomic mass is 32.1. The Bertz CT molecular complexity index is 589. The first-order chi connectivity index (χ1) is 9.52. The quantitative estimate of drug-likeness (QED) is 0.887. The zero-order valence-corrected chi connectivity index (χ0v) is 12.8. The van der Waals surface area contributed by atoms with Crippen molar-refractivity contribution in [2.75, 3.05) is 5.73 Å². The summed E-state index contributed by atoms with van der Waals surface area (Å²) < 4.78 is 1.65. The molecule has 2 aromatic heterocycles. The van der Waals surface area contributed by atoms with Gasteiger partial charge in [-0.15, -0.1) is 11.3 Å². The van der Waals surface area contributed by atoms with E-state index in [1.807, 2.05) is 32.2 Å². The topological polar surface area (TPSA) is 72.9 Å². The Balaban J connectivity index is 2.08. The molecule has 20 heavy (non-hydrogen) atoms. The largest absolute Gasteiger partial charge is 0.395 e. The molecule has 0 aliphatic heterocycles. The molecule has 2 heterocycles. The van der Waals surface area contributed by atoms with E-state index in [0.717, 1.165) is 6.42 Å². The number of carbonyl (C=O) groups is 1. The summed E-state index contributed by atoms with van der Waals surface area (Å²) in [5.74, 6) is -0.158. The molecule has 0 bridgehead atoms. The van der Waals surface area contributed by atoms with Crippen LogP contribution in [0.4, 0.5) is 5.69 Å². The molecule has 0 aromatic carbocycles. The number of thiophene rings is 1. The van der Waals surface area contributed by atoms with E-state index in [-0.39, 0.29) is 11.9 Å². The number of anilines is 1. The average molecular weight is 292 g/mol. The van der Waals surface area contributed by atoms with Crippen LogP contribution in [-0.2, 0) is 13.0 Å². The van der Waals surface area contributed by atoms with Gasteiger partial charge in [0, 0.05) is 23.9 Å². The summed E-state index contributed by atoms with van der Waals surface area (Å²) in [6, 6.07) is 4.14. The van der Waals surface area contributed by atoms with Gasteiger partial charge in [-0.25, -0.2) is 0 Å². The summed E-state index contributed by atoms with van der Waals surface area (Å²) in [6.45, 7) is 6.37. The number of rotatable bonds is 5. The van der Waals surface area contributed by atoms with Crippen LogP contribution in [0, 0.1) is 6.92 Å². The van der Waals surface area contributed by atoms with Crippen LogP contribution in [-0.4, -0.2) is 21.7 Å². The van der Waals surface area contributed by atoms with Gasteiger partial charge in [0.2, 0.25) is 0 Å². The minimum Gasteiger partial charge on any atom is -0.395 e. The summed E-state index contributed by atoms with van der Waals surface area (Å²) in [6.07, 6.45) is 0.822. The lowest BCUT2D eigenvalue weighted by Gasteiger charge is -2.14. The van der Waals surface area contributed by atoms with E-state index in [9.17, 15) is 4.79 Å². The molecule has 108 valence electrons. The van der Waals surface area contributed by atoms with Crippen LogP contribution in [0.3, 0.4) is 0 Å². The molecule has 0 aliphatic rings. The number of nitrogens with two attached hydrogens (primary N) is 1. The lowest BCUT2D eigenvalue weighted by atomic mass is 10.2. The summed E-state index contributed by atoms with van der Waals surface area (Å²) in [5, 5.41) is 9.29. The van der Waals surface area contributed by atoms with Gasteiger partial charge in [0.25, 0.3) is 5.91 Å². The number of carbonyl (C=O) groups excluding carboxylic acids is 1. The van der Waals surface area contributed by atoms with Crippen molar-refractivity contribution in [1.29, 1.82) is 0 Å². The standard InChI is InChI=1S/C14H20N4OS/c1-4-18-13(12(15)10(3)17-18)14(19)16-9(2)8-11-6-5-7-20-11/h5-7,9H,4,8,15H2,1-3H3,(H,16,19). The van der Waals surface area contributed by atoms with Crippen LogP contribution in [0.1, 0.15) is 34.9 Å². The second-order valence-electron chi connectivity index (χ2n) is 4.82. The maximum Gasteiger partial charge on any atom is 0.271 e. The summed E-state index contributed by atoms with van der Waals surface area (Å²) in [7, 11) is 0. The number of hydrogen-bond acceptors (Lipinski definition) is 4. The van der Waals surface area contributed by atoms with Gasteiger partial charge in [-0.3, -0.25) is 9.48 Å². The fraction of sp³-hybridized carbons (Fsp3) is 0.429. The fourth-order valence-corrected chi connectivity index (χ4v) is 2.97. The maximum atomic E-state index is 12.3. The van der Waals surface area contributed by atoms with Crippen molar-refractivity contribution in [1.82, 2.24) is 15.1 Å². The van der Waals surface area contributed by atoms with E-state index in [4.69, 9.17) is 5.73 Å². The highest BCUT2D eigenvalue weighted by Crippen LogP contribution is 2.17. The van der Waals surface area contributed by atoms with Gasteiger partial charge in [-0.1, -0.05) is 6.07 Å². The minimum atomic E-state index is -0.158. The zero-order chi connectivity index (χ0) is 14.7. The van der Waals surface area contributed by atoms with Crippen LogP contribution in [0.25, 0.3) is 0 Å². The lowest BCUT2D eigenvalue weighted by molar-refractivity contribution is 0.0930. The molecule has 0 saturated heterocycles. The lowest BCUT2D eigenvalue weighted by Crippen LogP contribution is -2.35. The number of nitrogens with one attached hydrogen (secondary N) is 1. The smallest absolute Gasteiger partial charge is 0.271 e. The summed E-state index contributed by atoms with van der Waals surface area (Å²) in [4.78, 5) is 13.6. The Labute approximate surface area is 122 Å². The third-order valence-corrected chi connectivity index (χ3v) is 4.05. The van der Waals surface area contributed by atoms with Crippen LogP contribution in [0.5, 0.6) is 0 Å². The molecule has 5 nitrogen and oxygen atoms in total. The predicted octanol–water partition coefficient (Wildman–Crippen LogP) is 2.22. The van der Waals surface area contributed by atoms with Gasteiger partial charge >= 0.3 is 0 Å². The zero-order valence-electron chi connectivity index (χ0n) is 12.0. The molecule has 0 spiro atoms. The molecule has 0 saturated carbocycles. The van der Waals surface area contributed by atoms with E-state index in [1.54, 1.807) is 16.0 Å². The van der Waals surface area contributed by atoms with Gasteiger partial charge in [-0.2, -0.15) is 5.10 Å². The number of amides is 1. The molecule has 1 amide bonds. The Kier molecular flexibility index (Phi) is 4.44.